The van der Waals surface area contributed by atoms with Crippen LogP contribution in [0.15, 0.2) is 4.99 Å². The summed E-state index contributed by atoms with van der Waals surface area (Å²) in [5.41, 5.74) is -1.60. The third kappa shape index (κ3) is 1.46. The van der Waals surface area contributed by atoms with Gasteiger partial charge in [-0.3, -0.25) is 9.69 Å². The molecule has 0 aromatic heterocycles. The molecule has 3 N–H and O–H groups in total. The molecule has 5 atom stereocenters. The molecule has 2 fully saturated rings. The SMILES string of the molecule is CC1(O)CN2C(=NC1=O)O[C@H]1[C@H](O)[C@@H](CO)O[C@H]12. The Hall–Kier alpha value is -1.22. The summed E-state index contributed by atoms with van der Waals surface area (Å²) >= 11 is 0. The lowest BCUT2D eigenvalue weighted by Crippen LogP contribution is -2.54. The molecule has 0 radical (unpaired) electrons. The van der Waals surface area contributed by atoms with Gasteiger partial charge in [0.25, 0.3) is 11.9 Å². The van der Waals surface area contributed by atoms with E-state index in [4.69, 9.17) is 14.6 Å². The van der Waals surface area contributed by atoms with Gasteiger partial charge in [-0.2, -0.15) is 4.99 Å². The predicted molar refractivity (Wildman–Crippen MR) is 56.4 cm³/mol. The van der Waals surface area contributed by atoms with Crippen molar-refractivity contribution < 1.29 is 29.6 Å². The predicted octanol–water partition coefficient (Wildman–Crippen LogP) is -2.59. The van der Waals surface area contributed by atoms with Gasteiger partial charge in [-0.25, -0.2) is 0 Å². The van der Waals surface area contributed by atoms with E-state index in [1.807, 2.05) is 0 Å². The number of rotatable bonds is 1. The van der Waals surface area contributed by atoms with Crippen LogP contribution in [-0.2, 0) is 14.3 Å². The molecular formula is C10H14N2O6. The van der Waals surface area contributed by atoms with Gasteiger partial charge in [-0.05, 0) is 6.92 Å². The molecule has 2 saturated heterocycles. The maximum atomic E-state index is 11.5. The normalized spacial score (nSPS) is 46.6. The Labute approximate surface area is 102 Å². The first kappa shape index (κ1) is 11.8. The highest BCUT2D eigenvalue weighted by Gasteiger charge is 2.57. The van der Waals surface area contributed by atoms with Gasteiger partial charge in [0.15, 0.2) is 17.9 Å². The van der Waals surface area contributed by atoms with Crippen LogP contribution in [-0.4, -0.2) is 75.4 Å². The van der Waals surface area contributed by atoms with Crippen molar-refractivity contribution in [2.24, 2.45) is 4.99 Å². The van der Waals surface area contributed by atoms with Gasteiger partial charge < -0.3 is 24.8 Å². The highest BCUT2D eigenvalue weighted by atomic mass is 16.6. The van der Waals surface area contributed by atoms with Crippen LogP contribution < -0.4 is 0 Å². The summed E-state index contributed by atoms with van der Waals surface area (Å²) in [5, 5.41) is 28.8. The minimum atomic E-state index is -1.60. The van der Waals surface area contributed by atoms with Gasteiger partial charge >= 0.3 is 0 Å². The summed E-state index contributed by atoms with van der Waals surface area (Å²) in [5.74, 6) is -0.679. The van der Waals surface area contributed by atoms with Crippen molar-refractivity contribution in [3.05, 3.63) is 0 Å². The van der Waals surface area contributed by atoms with Crippen molar-refractivity contribution in [3.8, 4) is 0 Å². The van der Waals surface area contributed by atoms with Crippen LogP contribution in [0.25, 0.3) is 0 Å². The Morgan fingerprint density at radius 2 is 2.33 bits per heavy atom. The maximum absolute atomic E-state index is 11.5. The van der Waals surface area contributed by atoms with Gasteiger partial charge in [0.1, 0.15) is 12.2 Å². The Bertz CT molecular complexity index is 423. The molecule has 8 nitrogen and oxygen atoms in total. The molecule has 8 heteroatoms. The first-order valence-electron chi connectivity index (χ1n) is 5.67. The topological polar surface area (TPSA) is 112 Å². The van der Waals surface area contributed by atoms with Crippen molar-refractivity contribution in [2.75, 3.05) is 13.2 Å². The molecular weight excluding hydrogens is 244 g/mol. The number of fused-ring (bicyclic) bond motifs is 3. The lowest BCUT2D eigenvalue weighted by Gasteiger charge is -2.32. The number of aliphatic hydroxyl groups excluding tert-OH is 2. The average molecular weight is 258 g/mol. The Balaban J connectivity index is 1.89. The molecule has 3 heterocycles. The third-order valence-electron chi connectivity index (χ3n) is 3.42. The van der Waals surface area contributed by atoms with Crippen LogP contribution in [0.3, 0.4) is 0 Å². The molecule has 0 saturated carbocycles. The number of carbonyl (C=O) groups is 1. The molecule has 0 bridgehead atoms. The molecule has 3 rings (SSSR count). The van der Waals surface area contributed by atoms with Crippen molar-refractivity contribution in [1.82, 2.24) is 4.90 Å². The number of amides is 1. The fourth-order valence-electron chi connectivity index (χ4n) is 2.40. The Morgan fingerprint density at radius 3 is 3.00 bits per heavy atom. The first-order valence-corrected chi connectivity index (χ1v) is 5.67. The molecule has 3 aliphatic heterocycles. The van der Waals surface area contributed by atoms with E-state index in [1.54, 1.807) is 0 Å². The summed E-state index contributed by atoms with van der Waals surface area (Å²) in [7, 11) is 0. The van der Waals surface area contributed by atoms with Crippen molar-refractivity contribution in [3.63, 3.8) is 0 Å². The van der Waals surface area contributed by atoms with Crippen LogP contribution in [0.4, 0.5) is 0 Å². The van der Waals surface area contributed by atoms with Crippen molar-refractivity contribution in [2.45, 2.75) is 37.1 Å². The van der Waals surface area contributed by atoms with E-state index >= 15 is 0 Å². The standard InChI is InChI=1S/C10H14N2O6/c1-10(16)3-12-7-6(5(14)4(2-13)17-7)18-9(12)11-8(10)15/h4-7,13-14,16H,2-3H2,1H3/t4-,5-,6+,7-,10?/m1/s1. The highest BCUT2D eigenvalue weighted by molar-refractivity contribution is 5.98. The lowest BCUT2D eigenvalue weighted by molar-refractivity contribution is -0.140. The molecule has 3 aliphatic rings. The largest absolute Gasteiger partial charge is 0.454 e. The quantitative estimate of drug-likeness (QED) is 0.473. The zero-order chi connectivity index (χ0) is 13.1. The molecule has 0 aromatic rings. The summed E-state index contributed by atoms with van der Waals surface area (Å²) < 4.78 is 10.8. The summed E-state index contributed by atoms with van der Waals surface area (Å²) in [6.07, 6.45) is -3.07. The fraction of sp³-hybridized carbons (Fsp3) is 0.800. The fourth-order valence-corrected chi connectivity index (χ4v) is 2.40. The minimum absolute atomic E-state index is 0.0172. The second-order valence-corrected chi connectivity index (χ2v) is 4.92. The Morgan fingerprint density at radius 1 is 1.61 bits per heavy atom. The molecule has 0 spiro atoms. The van der Waals surface area contributed by atoms with E-state index in [1.165, 1.54) is 11.8 Å². The van der Waals surface area contributed by atoms with Gasteiger partial charge in [0, 0.05) is 0 Å². The third-order valence-corrected chi connectivity index (χ3v) is 3.42. The minimum Gasteiger partial charge on any atom is -0.454 e. The van der Waals surface area contributed by atoms with Crippen molar-refractivity contribution in [1.29, 1.82) is 0 Å². The van der Waals surface area contributed by atoms with Crippen LogP contribution in [0, 0.1) is 0 Å². The molecule has 0 aliphatic carbocycles. The number of aliphatic hydroxyl groups is 3. The second-order valence-electron chi connectivity index (χ2n) is 4.92. The van der Waals surface area contributed by atoms with E-state index in [-0.39, 0.29) is 19.2 Å². The van der Waals surface area contributed by atoms with E-state index in [2.05, 4.69) is 4.99 Å². The number of aliphatic imine (C=N–C) groups is 1. The zero-order valence-corrected chi connectivity index (χ0v) is 9.68. The molecule has 18 heavy (non-hydrogen) atoms. The van der Waals surface area contributed by atoms with Gasteiger partial charge in [0.2, 0.25) is 0 Å². The van der Waals surface area contributed by atoms with Crippen LogP contribution in [0.1, 0.15) is 6.92 Å². The summed E-state index contributed by atoms with van der Waals surface area (Å²) in [6, 6.07) is 0.0527. The van der Waals surface area contributed by atoms with E-state index in [0.717, 1.165) is 0 Å². The lowest BCUT2D eigenvalue weighted by atomic mass is 10.0. The first-order chi connectivity index (χ1) is 8.44. The molecule has 1 amide bonds. The molecule has 0 aromatic carbocycles. The number of carbonyl (C=O) groups excluding carboxylic acids is 1. The summed E-state index contributed by atoms with van der Waals surface area (Å²) in [4.78, 5) is 16.6. The summed E-state index contributed by atoms with van der Waals surface area (Å²) in [6.45, 7) is 1.02. The van der Waals surface area contributed by atoms with E-state index in [9.17, 15) is 15.0 Å². The van der Waals surface area contributed by atoms with Crippen LogP contribution in [0.2, 0.25) is 0 Å². The number of hydrogen-bond acceptors (Lipinski definition) is 7. The monoisotopic (exact) mass is 258 g/mol. The van der Waals surface area contributed by atoms with Crippen LogP contribution in [0.5, 0.6) is 0 Å². The maximum Gasteiger partial charge on any atom is 0.298 e. The molecule has 100 valence electrons. The molecule has 1 unspecified atom stereocenters. The smallest absolute Gasteiger partial charge is 0.298 e. The van der Waals surface area contributed by atoms with E-state index < -0.39 is 36.0 Å². The van der Waals surface area contributed by atoms with E-state index in [0.29, 0.717) is 0 Å². The van der Waals surface area contributed by atoms with Gasteiger partial charge in [-0.15, -0.1) is 0 Å². The van der Waals surface area contributed by atoms with Gasteiger partial charge in [-0.1, -0.05) is 0 Å². The Kier molecular flexibility index (Phi) is 2.39. The van der Waals surface area contributed by atoms with Crippen LogP contribution >= 0.6 is 0 Å². The van der Waals surface area contributed by atoms with Crippen molar-refractivity contribution >= 4 is 11.9 Å². The zero-order valence-electron chi connectivity index (χ0n) is 9.68. The number of ether oxygens (including phenoxy) is 2. The number of nitrogens with zero attached hydrogens (tertiary/aromatic N) is 2. The number of amidine groups is 1. The second kappa shape index (κ2) is 3.64. The van der Waals surface area contributed by atoms with Gasteiger partial charge in [0.05, 0.1) is 13.2 Å². The number of hydrogen-bond donors (Lipinski definition) is 3. The average Bonchev–Trinajstić information content (AvgIpc) is 2.78. The highest BCUT2D eigenvalue weighted by Crippen LogP contribution is 2.35.